The Balaban J connectivity index is 1.60. The van der Waals surface area contributed by atoms with Crippen LogP contribution in [0.5, 0.6) is 0 Å². The number of hydrogen-bond donors (Lipinski definition) is 1. The van der Waals surface area contributed by atoms with Gasteiger partial charge in [-0.3, -0.25) is 15.1 Å². The van der Waals surface area contributed by atoms with Crippen molar-refractivity contribution in [1.29, 1.82) is 5.26 Å². The Labute approximate surface area is 129 Å². The smallest absolute Gasteiger partial charge is 0.105 e. The minimum atomic E-state index is -0.368. The molecule has 4 nitrogen and oxygen atoms in total. The number of rotatable bonds is 5. The van der Waals surface area contributed by atoms with Crippen molar-refractivity contribution < 1.29 is 0 Å². The van der Waals surface area contributed by atoms with Gasteiger partial charge >= 0.3 is 0 Å². The summed E-state index contributed by atoms with van der Waals surface area (Å²) in [6.07, 6.45) is 6.12. The fourth-order valence-electron chi connectivity index (χ4n) is 4.35. The lowest BCUT2D eigenvalue weighted by molar-refractivity contribution is 0.0253. The van der Waals surface area contributed by atoms with E-state index in [4.69, 9.17) is 0 Å². The van der Waals surface area contributed by atoms with Crippen LogP contribution in [0.25, 0.3) is 0 Å². The van der Waals surface area contributed by atoms with E-state index in [9.17, 15) is 5.26 Å². The first-order valence-electron chi connectivity index (χ1n) is 8.69. The van der Waals surface area contributed by atoms with Crippen molar-refractivity contribution in [3.05, 3.63) is 0 Å². The van der Waals surface area contributed by atoms with E-state index >= 15 is 0 Å². The van der Waals surface area contributed by atoms with Gasteiger partial charge in [0.05, 0.1) is 6.07 Å². The Morgan fingerprint density at radius 3 is 2.76 bits per heavy atom. The van der Waals surface area contributed by atoms with Crippen LogP contribution in [0.3, 0.4) is 0 Å². The number of nitriles is 1. The molecule has 3 fully saturated rings. The average molecular weight is 290 g/mol. The third kappa shape index (κ3) is 3.41. The molecule has 1 N–H and O–H groups in total. The summed E-state index contributed by atoms with van der Waals surface area (Å²) in [5.74, 6) is 0. The summed E-state index contributed by atoms with van der Waals surface area (Å²) in [7, 11) is 0. The number of fused-ring (bicyclic) bond motifs is 1. The Kier molecular flexibility index (Phi) is 4.27. The van der Waals surface area contributed by atoms with Gasteiger partial charge in [0.25, 0.3) is 0 Å². The minimum absolute atomic E-state index is 0.368. The van der Waals surface area contributed by atoms with Crippen LogP contribution in [0, 0.1) is 11.3 Å². The minimum Gasteiger partial charge on any atom is -0.298 e. The fourth-order valence-corrected chi connectivity index (χ4v) is 4.35. The Morgan fingerprint density at radius 2 is 2.10 bits per heavy atom. The molecule has 0 radical (unpaired) electrons. The van der Waals surface area contributed by atoms with Gasteiger partial charge in [0, 0.05) is 37.3 Å². The van der Waals surface area contributed by atoms with Gasteiger partial charge in [-0.25, -0.2) is 0 Å². The van der Waals surface area contributed by atoms with Crippen LogP contribution in [0.15, 0.2) is 0 Å². The molecule has 0 aromatic heterocycles. The molecule has 0 amide bonds. The summed E-state index contributed by atoms with van der Waals surface area (Å²) in [6.45, 7) is 10.4. The highest BCUT2D eigenvalue weighted by Gasteiger charge is 2.39. The van der Waals surface area contributed by atoms with Crippen molar-refractivity contribution in [2.24, 2.45) is 0 Å². The second kappa shape index (κ2) is 5.87. The third-order valence-corrected chi connectivity index (χ3v) is 5.60. The van der Waals surface area contributed by atoms with Gasteiger partial charge in [-0.2, -0.15) is 5.26 Å². The highest BCUT2D eigenvalue weighted by atomic mass is 15.3. The van der Waals surface area contributed by atoms with E-state index < -0.39 is 0 Å². The van der Waals surface area contributed by atoms with E-state index in [0.29, 0.717) is 18.1 Å². The first kappa shape index (κ1) is 15.3. The van der Waals surface area contributed by atoms with Gasteiger partial charge in [0.1, 0.15) is 5.54 Å². The van der Waals surface area contributed by atoms with Crippen LogP contribution < -0.4 is 5.32 Å². The Hall–Kier alpha value is -0.630. The predicted molar refractivity (Wildman–Crippen MR) is 85.0 cm³/mol. The first-order valence-corrected chi connectivity index (χ1v) is 8.69. The SMILES string of the molecule is CC1CN2CCCC2CN1C(C)CC(C)(C#N)NC1CC1. The molecule has 3 aliphatic rings. The molecule has 0 bridgehead atoms. The summed E-state index contributed by atoms with van der Waals surface area (Å²) >= 11 is 0. The quantitative estimate of drug-likeness (QED) is 0.840. The van der Waals surface area contributed by atoms with Gasteiger partial charge in [0.2, 0.25) is 0 Å². The average Bonchev–Trinajstić information content (AvgIpc) is 3.13. The highest BCUT2D eigenvalue weighted by molar-refractivity contribution is 5.09. The second-order valence-corrected chi connectivity index (χ2v) is 7.75. The molecule has 118 valence electrons. The topological polar surface area (TPSA) is 42.3 Å². The summed E-state index contributed by atoms with van der Waals surface area (Å²) < 4.78 is 0. The third-order valence-electron chi connectivity index (χ3n) is 5.60. The molecule has 1 aliphatic carbocycles. The molecule has 3 rings (SSSR count). The van der Waals surface area contributed by atoms with Crippen LogP contribution in [-0.2, 0) is 0 Å². The lowest BCUT2D eigenvalue weighted by atomic mass is 9.92. The summed E-state index contributed by atoms with van der Waals surface area (Å²) in [5, 5.41) is 13.1. The molecule has 0 aromatic rings. The standard InChI is InChI=1S/C17H30N4/c1-13(9-17(3,12-18)19-15-6-7-15)21-11-16-5-4-8-20(16)10-14(21)2/h13-16,19H,4-11H2,1-3H3. The zero-order chi connectivity index (χ0) is 15.0. The van der Waals surface area contributed by atoms with Crippen molar-refractivity contribution >= 4 is 0 Å². The molecule has 21 heavy (non-hydrogen) atoms. The maximum absolute atomic E-state index is 9.59. The van der Waals surface area contributed by atoms with Crippen LogP contribution in [0.1, 0.15) is 52.9 Å². The van der Waals surface area contributed by atoms with Crippen LogP contribution in [0.4, 0.5) is 0 Å². The molecule has 0 spiro atoms. The van der Waals surface area contributed by atoms with E-state index in [2.05, 4.69) is 42.0 Å². The molecule has 1 saturated carbocycles. The summed E-state index contributed by atoms with van der Waals surface area (Å²) in [6, 6.07) is 4.96. The summed E-state index contributed by atoms with van der Waals surface area (Å²) in [4.78, 5) is 5.32. The predicted octanol–water partition coefficient (Wildman–Crippen LogP) is 1.97. The zero-order valence-electron chi connectivity index (χ0n) is 13.8. The van der Waals surface area contributed by atoms with Gasteiger partial charge in [0.15, 0.2) is 0 Å². The molecule has 2 aliphatic heterocycles. The largest absolute Gasteiger partial charge is 0.298 e. The van der Waals surface area contributed by atoms with Crippen molar-refractivity contribution in [3.63, 3.8) is 0 Å². The van der Waals surface area contributed by atoms with Crippen LogP contribution in [0.2, 0.25) is 0 Å². The van der Waals surface area contributed by atoms with Crippen molar-refractivity contribution in [1.82, 2.24) is 15.1 Å². The molecule has 2 saturated heterocycles. The van der Waals surface area contributed by atoms with E-state index in [1.807, 2.05) is 0 Å². The highest BCUT2D eigenvalue weighted by Crippen LogP contribution is 2.29. The van der Waals surface area contributed by atoms with Gasteiger partial charge in [-0.05, 0) is 59.4 Å². The summed E-state index contributed by atoms with van der Waals surface area (Å²) in [5.41, 5.74) is -0.368. The Morgan fingerprint density at radius 1 is 1.33 bits per heavy atom. The monoisotopic (exact) mass is 290 g/mol. The maximum Gasteiger partial charge on any atom is 0.105 e. The number of nitrogens with zero attached hydrogens (tertiary/aromatic N) is 3. The first-order chi connectivity index (χ1) is 10.0. The van der Waals surface area contributed by atoms with E-state index in [1.165, 1.54) is 45.3 Å². The van der Waals surface area contributed by atoms with Crippen LogP contribution in [-0.4, -0.2) is 59.1 Å². The maximum atomic E-state index is 9.59. The Bertz CT molecular complexity index is 414. The van der Waals surface area contributed by atoms with E-state index in [-0.39, 0.29) is 5.54 Å². The lowest BCUT2D eigenvalue weighted by Crippen LogP contribution is -2.59. The molecule has 4 heteroatoms. The number of hydrogen-bond acceptors (Lipinski definition) is 4. The molecule has 4 atom stereocenters. The normalized spacial score (nSPS) is 35.0. The second-order valence-electron chi connectivity index (χ2n) is 7.75. The molecular weight excluding hydrogens is 260 g/mol. The molecule has 0 aromatic carbocycles. The number of nitrogens with one attached hydrogen (secondary N) is 1. The fraction of sp³-hybridized carbons (Fsp3) is 0.941. The molecule has 4 unspecified atom stereocenters. The lowest BCUT2D eigenvalue weighted by Gasteiger charge is -2.46. The van der Waals surface area contributed by atoms with Gasteiger partial charge < -0.3 is 0 Å². The van der Waals surface area contributed by atoms with Crippen molar-refractivity contribution in [2.45, 2.75) is 82.6 Å². The van der Waals surface area contributed by atoms with Crippen molar-refractivity contribution in [2.75, 3.05) is 19.6 Å². The number of piperazine rings is 1. The van der Waals surface area contributed by atoms with Gasteiger partial charge in [-0.1, -0.05) is 0 Å². The zero-order valence-corrected chi connectivity index (χ0v) is 13.8. The van der Waals surface area contributed by atoms with Gasteiger partial charge in [-0.15, -0.1) is 0 Å². The molecular formula is C17H30N4. The van der Waals surface area contributed by atoms with Crippen LogP contribution >= 0.6 is 0 Å². The van der Waals surface area contributed by atoms with E-state index in [0.717, 1.165) is 12.5 Å². The van der Waals surface area contributed by atoms with Crippen molar-refractivity contribution in [3.8, 4) is 6.07 Å². The van der Waals surface area contributed by atoms with E-state index in [1.54, 1.807) is 0 Å². The molecule has 2 heterocycles.